The van der Waals surface area contributed by atoms with Crippen LogP contribution < -0.4 is 48.3 Å². The van der Waals surface area contributed by atoms with Gasteiger partial charge in [-0.3, -0.25) is 0 Å². The molecule has 0 spiro atoms. The summed E-state index contributed by atoms with van der Waals surface area (Å²) in [4.78, 5) is 5.53. The summed E-state index contributed by atoms with van der Waals surface area (Å²) in [6.45, 7) is 28.0. The highest BCUT2D eigenvalue weighted by atomic mass is 16.3. The molecule has 8 heterocycles. The molecule has 0 saturated carbocycles. The van der Waals surface area contributed by atoms with E-state index in [1.807, 2.05) is 0 Å². The molecule has 0 bridgehead atoms. The quantitative estimate of drug-likeness (QED) is 0.142. The maximum Gasteiger partial charge on any atom is 0.371 e. The van der Waals surface area contributed by atoms with Crippen molar-refractivity contribution in [3.8, 4) is 44.5 Å². The van der Waals surface area contributed by atoms with E-state index in [-0.39, 0.29) is 42.1 Å². The van der Waals surface area contributed by atoms with Gasteiger partial charge in [-0.2, -0.15) is 0 Å². The third-order valence-corrected chi connectivity index (χ3v) is 17.0. The molecular formula is C62H55B3N2O2. The predicted octanol–water partition coefficient (Wildman–Crippen LogP) is 11.3. The number of furan rings is 2. The number of nitrogens with zero attached hydrogens (tertiary/aromatic N) is 2. The fourth-order valence-electron chi connectivity index (χ4n) is 13.5. The molecule has 7 heteroatoms. The van der Waals surface area contributed by atoms with Gasteiger partial charge in [0.2, 0.25) is 0 Å². The lowest BCUT2D eigenvalue weighted by Gasteiger charge is -2.54. The van der Waals surface area contributed by atoms with Gasteiger partial charge in [-0.15, -0.1) is 0 Å². The van der Waals surface area contributed by atoms with Crippen molar-refractivity contribution in [1.82, 2.24) is 0 Å². The van der Waals surface area contributed by atoms with E-state index in [0.717, 1.165) is 22.5 Å². The lowest BCUT2D eigenvalue weighted by molar-refractivity contribution is 0.590. The van der Waals surface area contributed by atoms with Crippen LogP contribution >= 0.6 is 0 Å². The molecule has 4 nitrogen and oxygen atoms in total. The third kappa shape index (κ3) is 4.94. The van der Waals surface area contributed by atoms with Crippen molar-refractivity contribution in [2.45, 2.75) is 105 Å². The summed E-state index contributed by atoms with van der Waals surface area (Å²) < 4.78 is 14.6. The smallest absolute Gasteiger partial charge is 0.371 e. The number of rotatable bonds is 0. The lowest BCUT2D eigenvalue weighted by atomic mass is 9.28. The van der Waals surface area contributed by atoms with E-state index >= 15 is 0 Å². The minimum atomic E-state index is -0.165. The number of hydrogen-bond acceptors (Lipinski definition) is 4. The Hall–Kier alpha value is -6.59. The van der Waals surface area contributed by atoms with Gasteiger partial charge in [0.25, 0.3) is 6.71 Å². The number of anilines is 4. The van der Waals surface area contributed by atoms with Crippen molar-refractivity contribution in [2.24, 2.45) is 0 Å². The maximum absolute atomic E-state index is 7.31. The van der Waals surface area contributed by atoms with Gasteiger partial charge in [-0.05, 0) is 113 Å². The summed E-state index contributed by atoms with van der Waals surface area (Å²) in [6.07, 6.45) is 0. The summed E-state index contributed by atoms with van der Waals surface area (Å²) in [5.74, 6) is 0. The molecule has 0 saturated heterocycles. The summed E-state index contributed by atoms with van der Waals surface area (Å²) in [7, 11) is 0. The van der Waals surface area contributed by atoms with Crippen molar-refractivity contribution in [2.75, 3.05) is 9.62 Å². The minimum Gasteiger partial charge on any atom is -0.467 e. The van der Waals surface area contributed by atoms with E-state index in [0.29, 0.717) is 0 Å². The van der Waals surface area contributed by atoms with Crippen molar-refractivity contribution < 1.29 is 8.83 Å². The zero-order valence-electron chi connectivity index (χ0n) is 41.9. The van der Waals surface area contributed by atoms with Gasteiger partial charge in [-0.25, -0.2) is 0 Å². The van der Waals surface area contributed by atoms with Crippen LogP contribution in [0, 0.1) is 0 Å². The van der Waals surface area contributed by atoms with Crippen LogP contribution in [0.25, 0.3) is 66.4 Å². The fourth-order valence-corrected chi connectivity index (χ4v) is 13.5. The van der Waals surface area contributed by atoms with Crippen LogP contribution in [0.2, 0.25) is 0 Å². The Morgan fingerprint density at radius 3 is 1.16 bits per heavy atom. The van der Waals surface area contributed by atoms with Gasteiger partial charge in [0, 0.05) is 66.9 Å². The number of fused-ring (bicyclic) bond motifs is 18. The topological polar surface area (TPSA) is 32.8 Å². The Morgan fingerprint density at radius 1 is 0.362 bits per heavy atom. The largest absolute Gasteiger partial charge is 0.467 e. The monoisotopic (exact) mass is 892 g/mol. The molecular weight excluding hydrogens is 837 g/mol. The van der Waals surface area contributed by atoms with Crippen LogP contribution in [0.4, 0.5) is 22.7 Å². The second-order valence-corrected chi connectivity index (χ2v) is 25.3. The van der Waals surface area contributed by atoms with Crippen LogP contribution in [-0.4, -0.2) is 20.4 Å². The molecule has 0 radical (unpaired) electrons. The highest BCUT2D eigenvalue weighted by molar-refractivity contribution is 7.05. The van der Waals surface area contributed by atoms with Crippen LogP contribution in [0.5, 0.6) is 0 Å². The van der Waals surface area contributed by atoms with Crippen molar-refractivity contribution in [1.29, 1.82) is 0 Å². The van der Waals surface area contributed by atoms with Crippen molar-refractivity contribution in [3.05, 3.63) is 138 Å². The van der Waals surface area contributed by atoms with Gasteiger partial charge in [-0.1, -0.05) is 168 Å². The molecule has 334 valence electrons. The molecule has 0 unspecified atom stereocenters. The number of benzene rings is 7. The first-order valence-electron chi connectivity index (χ1n) is 25.3. The standard InChI is InChI=1S/C62H55B3N2O2/c1-59(2,3)32-21-23-36-40-31-41-37-24-22-33(60(4,5)6)28-45(37)65-58-51(39-18-14-16-20-49(39)69-58)43-26-35(62(10,11)12)30-47-54(43)67(65)56(41)52-55(40)66-53-42(25-34(61(7,8)9)29-46(53)63(47)52)50-38-17-13-15-19-48(38)68-57(50)64(66)44(36)27-32/h13-31H,1-12H3. The van der Waals surface area contributed by atoms with Crippen LogP contribution in [0.1, 0.15) is 105 Å². The van der Waals surface area contributed by atoms with Crippen LogP contribution in [-0.2, 0) is 21.7 Å². The molecule has 9 aromatic rings. The van der Waals surface area contributed by atoms with E-state index < -0.39 is 0 Å². The van der Waals surface area contributed by atoms with E-state index in [4.69, 9.17) is 8.83 Å². The molecule has 15 rings (SSSR count). The van der Waals surface area contributed by atoms with E-state index in [9.17, 15) is 0 Å². The van der Waals surface area contributed by atoms with Gasteiger partial charge in [0.15, 0.2) is 0 Å². The normalized spacial score (nSPS) is 15.4. The summed E-state index contributed by atoms with van der Waals surface area (Å²) >= 11 is 0. The zero-order chi connectivity index (χ0) is 47.3. The van der Waals surface area contributed by atoms with Crippen molar-refractivity contribution in [3.63, 3.8) is 0 Å². The van der Waals surface area contributed by atoms with E-state index in [2.05, 4.69) is 208 Å². The van der Waals surface area contributed by atoms with Gasteiger partial charge >= 0.3 is 13.7 Å². The Morgan fingerprint density at radius 2 is 0.754 bits per heavy atom. The van der Waals surface area contributed by atoms with Gasteiger partial charge in [0.05, 0.1) is 0 Å². The maximum atomic E-state index is 7.31. The van der Waals surface area contributed by atoms with Crippen molar-refractivity contribution >= 4 is 104 Å². The third-order valence-electron chi connectivity index (χ3n) is 17.0. The summed E-state index contributed by atoms with van der Waals surface area (Å²) in [5, 5.41) is 2.37. The Balaban J connectivity index is 1.18. The number of hydrogen-bond donors (Lipinski definition) is 0. The zero-order valence-corrected chi connectivity index (χ0v) is 41.9. The molecule has 0 N–H and O–H groups in total. The predicted molar refractivity (Wildman–Crippen MR) is 294 cm³/mol. The molecule has 2 aromatic heterocycles. The van der Waals surface area contributed by atoms with Gasteiger partial charge < -0.3 is 18.5 Å². The Bertz CT molecular complexity index is 3630. The first kappa shape index (κ1) is 40.3. The lowest BCUT2D eigenvalue weighted by Crippen LogP contribution is -2.72. The molecule has 6 aliphatic heterocycles. The first-order valence-corrected chi connectivity index (χ1v) is 25.3. The second-order valence-electron chi connectivity index (χ2n) is 25.3. The van der Waals surface area contributed by atoms with Crippen LogP contribution in [0.3, 0.4) is 0 Å². The molecule has 0 atom stereocenters. The minimum absolute atomic E-state index is 0.0418. The van der Waals surface area contributed by atoms with E-state index in [1.165, 1.54) is 128 Å². The average Bonchev–Trinajstić information content (AvgIpc) is 3.89. The fraction of sp³-hybridized carbons (Fsp3) is 0.258. The Kier molecular flexibility index (Phi) is 7.25. The molecule has 0 amide bonds. The average molecular weight is 893 g/mol. The summed E-state index contributed by atoms with van der Waals surface area (Å²) in [6, 6.07) is 45.2. The molecule has 0 fully saturated rings. The highest BCUT2D eigenvalue weighted by Crippen LogP contribution is 2.57. The first-order chi connectivity index (χ1) is 32.8. The van der Waals surface area contributed by atoms with Crippen LogP contribution in [0.15, 0.2) is 124 Å². The molecule has 0 aliphatic carbocycles. The number of para-hydroxylation sites is 2. The Labute approximate surface area is 407 Å². The second kappa shape index (κ2) is 12.4. The van der Waals surface area contributed by atoms with Gasteiger partial charge in [0.1, 0.15) is 22.5 Å². The highest BCUT2D eigenvalue weighted by Gasteiger charge is 2.58. The molecule has 6 aliphatic rings. The molecule has 69 heavy (non-hydrogen) atoms. The van der Waals surface area contributed by atoms with E-state index in [1.54, 1.807) is 0 Å². The molecule has 7 aromatic carbocycles. The summed E-state index contributed by atoms with van der Waals surface area (Å²) in [5.41, 5.74) is 31.3. The SMILES string of the molecule is CC(C)(C)c1ccc2c(c1)B1c3oc4ccccc4c3-c3cc(C(C)(C)C)cc4c3N1c1c-2cc2c3c1B4c1cc(C(C)(C)C)cc4c1N3B(c1cc(C(C)(C)C)ccc1-2)c1oc2ccccc2c1-4.